The Kier molecular flexibility index (Phi) is 7.26. The lowest BCUT2D eigenvalue weighted by Crippen LogP contribution is -2.38. The Morgan fingerprint density at radius 2 is 2.18 bits per heavy atom. The molecule has 5 nitrogen and oxygen atoms in total. The smallest absolute Gasteiger partial charge is 0.251 e. The summed E-state index contributed by atoms with van der Waals surface area (Å²) >= 11 is 6.15. The standard InChI is InChI=1S/C15H21ClN2O3.ClH/c1-3-21-14-11(16)6-10(7-13(14)20-2)15(19)18-8-12(17)9-4-5-9;/h6-7,9,12H,3-5,8,17H2,1-2H3,(H,18,19);1H. The molecule has 1 fully saturated rings. The summed E-state index contributed by atoms with van der Waals surface area (Å²) in [5, 5.41) is 3.19. The summed E-state index contributed by atoms with van der Waals surface area (Å²) in [6.45, 7) is 2.80. The molecule has 1 aliphatic carbocycles. The van der Waals surface area contributed by atoms with Gasteiger partial charge >= 0.3 is 0 Å². The van der Waals surface area contributed by atoms with Gasteiger partial charge in [0.15, 0.2) is 11.5 Å². The first-order valence-electron chi connectivity index (χ1n) is 7.11. The zero-order chi connectivity index (χ0) is 15.4. The molecular weight excluding hydrogens is 327 g/mol. The number of hydrogen-bond acceptors (Lipinski definition) is 4. The highest BCUT2D eigenvalue weighted by atomic mass is 35.5. The van der Waals surface area contributed by atoms with Crippen molar-refractivity contribution >= 4 is 29.9 Å². The van der Waals surface area contributed by atoms with Gasteiger partial charge in [0, 0.05) is 18.2 Å². The zero-order valence-electron chi connectivity index (χ0n) is 12.7. The Hall–Kier alpha value is -1.17. The monoisotopic (exact) mass is 348 g/mol. The molecular formula is C15H22Cl2N2O3. The lowest BCUT2D eigenvalue weighted by atomic mass is 10.1. The summed E-state index contributed by atoms with van der Waals surface area (Å²) in [5.41, 5.74) is 6.40. The number of carbonyl (C=O) groups is 1. The normalized spacial score (nSPS) is 14.7. The second-order valence-electron chi connectivity index (χ2n) is 5.13. The molecule has 3 N–H and O–H groups in total. The number of nitrogens with one attached hydrogen (secondary N) is 1. The summed E-state index contributed by atoms with van der Waals surface area (Å²) in [6, 6.07) is 3.22. The number of benzene rings is 1. The Morgan fingerprint density at radius 3 is 2.73 bits per heavy atom. The Bertz CT molecular complexity index is 522. The molecule has 7 heteroatoms. The molecule has 1 unspecified atom stereocenters. The van der Waals surface area contributed by atoms with Crippen LogP contribution in [0.1, 0.15) is 30.1 Å². The van der Waals surface area contributed by atoms with Gasteiger partial charge in [0.2, 0.25) is 0 Å². The summed E-state index contributed by atoms with van der Waals surface area (Å²) in [6.07, 6.45) is 2.31. The third-order valence-electron chi connectivity index (χ3n) is 3.51. The van der Waals surface area contributed by atoms with Crippen molar-refractivity contribution in [2.75, 3.05) is 20.3 Å². The Labute approximate surface area is 141 Å². The van der Waals surface area contributed by atoms with Crippen LogP contribution in [0.3, 0.4) is 0 Å². The van der Waals surface area contributed by atoms with Crippen molar-refractivity contribution < 1.29 is 14.3 Å². The van der Waals surface area contributed by atoms with E-state index in [-0.39, 0.29) is 24.4 Å². The summed E-state index contributed by atoms with van der Waals surface area (Å²) in [7, 11) is 1.51. The number of halogens is 2. The minimum Gasteiger partial charge on any atom is -0.493 e. The zero-order valence-corrected chi connectivity index (χ0v) is 14.3. The number of ether oxygens (including phenoxy) is 2. The van der Waals surface area contributed by atoms with E-state index in [0.717, 1.165) is 12.8 Å². The van der Waals surface area contributed by atoms with Crippen LogP contribution in [0.2, 0.25) is 5.02 Å². The highest BCUT2D eigenvalue weighted by molar-refractivity contribution is 6.32. The molecule has 0 heterocycles. The van der Waals surface area contributed by atoms with E-state index in [1.807, 2.05) is 6.92 Å². The van der Waals surface area contributed by atoms with Crippen LogP contribution < -0.4 is 20.5 Å². The third kappa shape index (κ3) is 4.66. The van der Waals surface area contributed by atoms with Crippen LogP contribution in [0.25, 0.3) is 0 Å². The number of amides is 1. The molecule has 0 saturated heterocycles. The highest BCUT2D eigenvalue weighted by Crippen LogP contribution is 2.36. The lowest BCUT2D eigenvalue weighted by Gasteiger charge is -2.14. The van der Waals surface area contributed by atoms with Crippen LogP contribution in [0.4, 0.5) is 0 Å². The van der Waals surface area contributed by atoms with E-state index in [9.17, 15) is 4.79 Å². The first kappa shape index (κ1) is 18.9. The SMILES string of the molecule is CCOc1c(Cl)cc(C(=O)NCC(N)C2CC2)cc1OC.Cl. The number of rotatable bonds is 7. The van der Waals surface area contributed by atoms with Crippen molar-refractivity contribution in [2.45, 2.75) is 25.8 Å². The van der Waals surface area contributed by atoms with Gasteiger partial charge in [0.25, 0.3) is 5.91 Å². The van der Waals surface area contributed by atoms with Crippen LogP contribution in [0, 0.1) is 5.92 Å². The molecule has 0 radical (unpaired) electrons. The van der Waals surface area contributed by atoms with Crippen LogP contribution in [-0.2, 0) is 0 Å². The molecule has 0 aliphatic heterocycles. The van der Waals surface area contributed by atoms with Crippen LogP contribution >= 0.6 is 24.0 Å². The van der Waals surface area contributed by atoms with E-state index in [0.29, 0.717) is 41.2 Å². The molecule has 1 amide bonds. The molecule has 0 bridgehead atoms. The van der Waals surface area contributed by atoms with Crippen molar-refractivity contribution in [1.82, 2.24) is 5.32 Å². The minimum absolute atomic E-state index is 0. The molecule has 22 heavy (non-hydrogen) atoms. The van der Waals surface area contributed by atoms with Crippen molar-refractivity contribution in [2.24, 2.45) is 11.7 Å². The molecule has 1 saturated carbocycles. The van der Waals surface area contributed by atoms with E-state index in [2.05, 4.69) is 5.32 Å². The maximum absolute atomic E-state index is 12.2. The summed E-state index contributed by atoms with van der Waals surface area (Å²) in [5.74, 6) is 1.23. The molecule has 0 spiro atoms. The van der Waals surface area contributed by atoms with Gasteiger partial charge in [-0.15, -0.1) is 12.4 Å². The largest absolute Gasteiger partial charge is 0.493 e. The second-order valence-corrected chi connectivity index (χ2v) is 5.54. The van der Waals surface area contributed by atoms with Crippen molar-refractivity contribution in [3.8, 4) is 11.5 Å². The molecule has 0 aromatic heterocycles. The predicted octanol–water partition coefficient (Wildman–Crippen LogP) is 2.64. The van der Waals surface area contributed by atoms with Gasteiger partial charge < -0.3 is 20.5 Å². The maximum Gasteiger partial charge on any atom is 0.251 e. The van der Waals surface area contributed by atoms with E-state index >= 15 is 0 Å². The van der Waals surface area contributed by atoms with Crippen molar-refractivity contribution in [3.63, 3.8) is 0 Å². The fourth-order valence-corrected chi connectivity index (χ4v) is 2.40. The molecule has 1 aromatic carbocycles. The minimum atomic E-state index is -0.214. The van der Waals surface area contributed by atoms with Crippen LogP contribution in [0.15, 0.2) is 12.1 Å². The van der Waals surface area contributed by atoms with Gasteiger partial charge in [-0.2, -0.15) is 0 Å². The fraction of sp³-hybridized carbons (Fsp3) is 0.533. The summed E-state index contributed by atoms with van der Waals surface area (Å²) in [4.78, 5) is 12.2. The predicted molar refractivity (Wildman–Crippen MR) is 89.5 cm³/mol. The molecule has 1 atom stereocenters. The van der Waals surface area contributed by atoms with E-state index < -0.39 is 0 Å². The number of methoxy groups -OCH3 is 1. The van der Waals surface area contributed by atoms with E-state index in [1.165, 1.54) is 7.11 Å². The van der Waals surface area contributed by atoms with Crippen molar-refractivity contribution in [3.05, 3.63) is 22.7 Å². The fourth-order valence-electron chi connectivity index (χ4n) is 2.14. The quantitative estimate of drug-likeness (QED) is 0.794. The van der Waals surface area contributed by atoms with Gasteiger partial charge in [0.1, 0.15) is 0 Å². The lowest BCUT2D eigenvalue weighted by molar-refractivity contribution is 0.0950. The Balaban J connectivity index is 0.00000242. The van der Waals surface area contributed by atoms with E-state index in [1.54, 1.807) is 12.1 Å². The van der Waals surface area contributed by atoms with Gasteiger partial charge in [-0.3, -0.25) is 4.79 Å². The first-order chi connectivity index (χ1) is 10.1. The van der Waals surface area contributed by atoms with Crippen LogP contribution in [-0.4, -0.2) is 32.2 Å². The topological polar surface area (TPSA) is 73.6 Å². The van der Waals surface area contributed by atoms with Gasteiger partial charge in [-0.05, 0) is 37.8 Å². The third-order valence-corrected chi connectivity index (χ3v) is 3.79. The van der Waals surface area contributed by atoms with E-state index in [4.69, 9.17) is 26.8 Å². The number of carbonyl (C=O) groups excluding carboxylic acids is 1. The summed E-state index contributed by atoms with van der Waals surface area (Å²) < 4.78 is 10.7. The molecule has 124 valence electrons. The molecule has 2 rings (SSSR count). The molecule has 1 aromatic rings. The number of hydrogen-bond donors (Lipinski definition) is 2. The van der Waals surface area contributed by atoms with Crippen LogP contribution in [0.5, 0.6) is 11.5 Å². The first-order valence-corrected chi connectivity index (χ1v) is 7.48. The molecule has 1 aliphatic rings. The average molecular weight is 349 g/mol. The van der Waals surface area contributed by atoms with Gasteiger partial charge in [-0.25, -0.2) is 0 Å². The average Bonchev–Trinajstić information content (AvgIpc) is 3.31. The highest BCUT2D eigenvalue weighted by Gasteiger charge is 2.28. The van der Waals surface area contributed by atoms with Gasteiger partial charge in [-0.1, -0.05) is 11.6 Å². The van der Waals surface area contributed by atoms with Gasteiger partial charge in [0.05, 0.1) is 18.7 Å². The van der Waals surface area contributed by atoms with Crippen molar-refractivity contribution in [1.29, 1.82) is 0 Å². The number of nitrogens with two attached hydrogens (primary N) is 1. The second kappa shape index (κ2) is 8.46. The Morgan fingerprint density at radius 1 is 1.50 bits per heavy atom. The maximum atomic E-state index is 12.2.